The van der Waals surface area contributed by atoms with Crippen LogP contribution in [0.2, 0.25) is 0 Å². The summed E-state index contributed by atoms with van der Waals surface area (Å²) in [7, 11) is 3.79. The minimum absolute atomic E-state index is 0.371. The van der Waals surface area contributed by atoms with Crippen LogP contribution in [0.5, 0.6) is 5.75 Å². The molecule has 0 spiro atoms. The van der Waals surface area contributed by atoms with E-state index in [0.29, 0.717) is 24.3 Å². The van der Waals surface area contributed by atoms with E-state index in [9.17, 15) is 22.8 Å². The molecule has 2 aromatic carbocycles. The van der Waals surface area contributed by atoms with Crippen LogP contribution < -0.4 is 9.64 Å². The van der Waals surface area contributed by atoms with Crippen molar-refractivity contribution >= 4 is 29.3 Å². The molecule has 0 saturated carbocycles. The highest BCUT2D eigenvalue weighted by Crippen LogP contribution is 2.47. The molecule has 3 rings (SSSR count). The van der Waals surface area contributed by atoms with Gasteiger partial charge < -0.3 is 19.3 Å². The first kappa shape index (κ1) is 24.9. The summed E-state index contributed by atoms with van der Waals surface area (Å²) in [6.07, 6.45) is -5.96. The molecule has 0 saturated heterocycles. The number of fused-ring (bicyclic) bond motifs is 1. The number of hydrogen-bond acceptors (Lipinski definition) is 6. The molecule has 0 radical (unpaired) electrons. The van der Waals surface area contributed by atoms with Gasteiger partial charge in [-0.1, -0.05) is 18.2 Å². The Hall–Kier alpha value is -2.72. The van der Waals surface area contributed by atoms with Crippen molar-refractivity contribution in [3.05, 3.63) is 53.6 Å². The molecule has 6 nitrogen and oxygen atoms in total. The van der Waals surface area contributed by atoms with Gasteiger partial charge in [0.25, 0.3) is 5.91 Å². The molecule has 0 fully saturated rings. The Bertz CT molecular complexity index is 1010. The Morgan fingerprint density at radius 2 is 1.82 bits per heavy atom. The molecule has 1 aliphatic heterocycles. The summed E-state index contributed by atoms with van der Waals surface area (Å²) in [5.41, 5.74) is 2.23. The third kappa shape index (κ3) is 6.42. The third-order valence-corrected chi connectivity index (χ3v) is 6.30. The number of carbonyl (C=O) groups is 2. The predicted octanol–water partition coefficient (Wildman–Crippen LogP) is 4.57. The minimum Gasteiger partial charge on any atom is -0.451 e. The molecule has 178 valence electrons. The average Bonchev–Trinajstić information content (AvgIpc) is 2.80. The van der Waals surface area contributed by atoms with Crippen molar-refractivity contribution in [2.75, 3.05) is 32.1 Å². The van der Waals surface area contributed by atoms with Gasteiger partial charge in [-0.15, -0.1) is 24.9 Å². The predicted molar refractivity (Wildman–Crippen MR) is 119 cm³/mol. The lowest BCUT2D eigenvalue weighted by Crippen LogP contribution is -2.45. The van der Waals surface area contributed by atoms with Gasteiger partial charge in [0, 0.05) is 24.9 Å². The second kappa shape index (κ2) is 10.0. The molecule has 1 aliphatic rings. The van der Waals surface area contributed by atoms with E-state index >= 15 is 0 Å². The number of alkyl halides is 3. The maximum absolute atomic E-state index is 13.6. The smallest absolute Gasteiger partial charge is 0.451 e. The van der Waals surface area contributed by atoms with Crippen molar-refractivity contribution in [1.82, 2.24) is 4.90 Å². The number of amides is 1. The number of anilines is 1. The van der Waals surface area contributed by atoms with Gasteiger partial charge >= 0.3 is 12.3 Å². The number of carbonyl (C=O) groups excluding carboxylic acids is 2. The highest BCUT2D eigenvalue weighted by atomic mass is 32.2. The lowest BCUT2D eigenvalue weighted by atomic mass is 10.1. The van der Waals surface area contributed by atoms with Crippen molar-refractivity contribution in [2.24, 2.45) is 0 Å². The summed E-state index contributed by atoms with van der Waals surface area (Å²) < 4.78 is 47.1. The van der Waals surface area contributed by atoms with Crippen molar-refractivity contribution in [3.8, 4) is 5.75 Å². The summed E-state index contributed by atoms with van der Waals surface area (Å²) in [6, 6.07) is 11.0. The van der Waals surface area contributed by atoms with Gasteiger partial charge in [0.05, 0.1) is 10.9 Å². The van der Waals surface area contributed by atoms with Crippen molar-refractivity contribution in [1.29, 1.82) is 0 Å². The topological polar surface area (TPSA) is 59.1 Å². The number of benzene rings is 2. The van der Waals surface area contributed by atoms with Crippen LogP contribution in [0.15, 0.2) is 47.4 Å². The van der Waals surface area contributed by atoms with E-state index in [4.69, 9.17) is 4.74 Å². The minimum atomic E-state index is -4.81. The van der Waals surface area contributed by atoms with Crippen molar-refractivity contribution in [3.63, 3.8) is 0 Å². The van der Waals surface area contributed by atoms with E-state index < -0.39 is 23.7 Å². The van der Waals surface area contributed by atoms with Gasteiger partial charge in [-0.25, -0.2) is 0 Å². The Morgan fingerprint density at radius 1 is 1.15 bits per heavy atom. The molecule has 33 heavy (non-hydrogen) atoms. The molecule has 0 aliphatic carbocycles. The van der Waals surface area contributed by atoms with Crippen LogP contribution in [0.25, 0.3) is 0 Å². The van der Waals surface area contributed by atoms with Crippen LogP contribution >= 0.6 is 11.8 Å². The summed E-state index contributed by atoms with van der Waals surface area (Å²) in [5.74, 6) is -1.38. The van der Waals surface area contributed by atoms with Gasteiger partial charge in [-0.3, -0.25) is 9.59 Å². The van der Waals surface area contributed by atoms with Crippen molar-refractivity contribution in [2.45, 2.75) is 36.5 Å². The monoisotopic (exact) mass is 482 g/mol. The molecule has 10 heteroatoms. The Balaban J connectivity index is 2.05. The number of nitrogens with zero attached hydrogens (tertiary/aromatic N) is 2. The number of hydrogen-bond donors (Lipinski definition) is 0. The average molecular weight is 483 g/mol. The quantitative estimate of drug-likeness (QED) is 0.563. The largest absolute Gasteiger partial charge is 0.573 e. The number of rotatable bonds is 6. The number of thioether (sulfide) groups is 1. The van der Waals surface area contributed by atoms with E-state index in [-0.39, 0.29) is 11.7 Å². The standard InChI is InChI=1S/C23H25F3N2O4S/c1-14-5-10-18-19(13-14)33-21(16-6-8-17(9-7-16)32-23(24,25)26)20(31-15(2)29)22(30)28(18)12-11-27(3)4/h5-10,13,20-21H,11-12H2,1-4H3/t20-,21+/m0/s1. The van der Waals surface area contributed by atoms with Crippen LogP contribution in [0.3, 0.4) is 0 Å². The zero-order valence-electron chi connectivity index (χ0n) is 18.7. The Kier molecular flexibility index (Phi) is 7.58. The van der Waals surface area contributed by atoms with E-state index in [1.54, 1.807) is 4.90 Å². The second-order valence-corrected chi connectivity index (χ2v) is 9.13. The molecule has 2 aromatic rings. The van der Waals surface area contributed by atoms with Gasteiger partial charge in [-0.2, -0.15) is 0 Å². The molecular formula is C23H25F3N2O4S. The maximum Gasteiger partial charge on any atom is 0.573 e. The normalized spacial score (nSPS) is 18.7. The number of esters is 1. The molecule has 0 N–H and O–H groups in total. The van der Waals surface area contributed by atoms with E-state index in [1.165, 1.54) is 43.0 Å². The van der Waals surface area contributed by atoms with E-state index in [1.807, 2.05) is 44.1 Å². The Labute approximate surface area is 194 Å². The zero-order valence-corrected chi connectivity index (χ0v) is 19.5. The Morgan fingerprint density at radius 3 is 2.39 bits per heavy atom. The summed E-state index contributed by atoms with van der Waals surface area (Å²) >= 11 is 1.34. The molecule has 0 bridgehead atoms. The molecule has 0 unspecified atom stereocenters. The molecule has 2 atom stereocenters. The number of ether oxygens (including phenoxy) is 2. The highest BCUT2D eigenvalue weighted by Gasteiger charge is 2.41. The lowest BCUT2D eigenvalue weighted by Gasteiger charge is -2.28. The first-order valence-electron chi connectivity index (χ1n) is 10.2. The van der Waals surface area contributed by atoms with Crippen molar-refractivity contribution < 1.29 is 32.2 Å². The van der Waals surface area contributed by atoms with Crippen LogP contribution in [0.1, 0.15) is 23.3 Å². The summed E-state index contributed by atoms with van der Waals surface area (Å²) in [6.45, 7) is 4.12. The zero-order chi connectivity index (χ0) is 24.3. The van der Waals surface area contributed by atoms with Gasteiger partial charge in [0.1, 0.15) is 5.75 Å². The van der Waals surface area contributed by atoms with Gasteiger partial charge in [0.15, 0.2) is 6.10 Å². The summed E-state index contributed by atoms with van der Waals surface area (Å²) in [5, 5.41) is -0.661. The first-order valence-corrected chi connectivity index (χ1v) is 11.1. The second-order valence-electron chi connectivity index (χ2n) is 7.95. The van der Waals surface area contributed by atoms with Crippen LogP contribution in [-0.2, 0) is 14.3 Å². The molecular weight excluding hydrogens is 457 g/mol. The first-order chi connectivity index (χ1) is 15.4. The van der Waals surface area contributed by atoms with Crippen LogP contribution in [-0.4, -0.2) is 56.4 Å². The van der Waals surface area contributed by atoms with E-state index in [0.717, 1.165) is 10.5 Å². The molecule has 1 heterocycles. The van der Waals surface area contributed by atoms with Gasteiger partial charge in [-0.05, 0) is 56.4 Å². The fourth-order valence-electron chi connectivity index (χ4n) is 3.46. The fraction of sp³-hybridized carbons (Fsp3) is 0.391. The molecule has 0 aromatic heterocycles. The molecule has 1 amide bonds. The number of likely N-dealkylation sites (N-methyl/N-ethyl adjacent to an activating group) is 1. The van der Waals surface area contributed by atoms with Crippen LogP contribution in [0.4, 0.5) is 18.9 Å². The maximum atomic E-state index is 13.6. The highest BCUT2D eigenvalue weighted by molar-refractivity contribution is 7.99. The summed E-state index contributed by atoms with van der Waals surface area (Å²) in [4.78, 5) is 29.9. The third-order valence-electron chi connectivity index (χ3n) is 4.95. The lowest BCUT2D eigenvalue weighted by molar-refractivity contribution is -0.274. The van der Waals surface area contributed by atoms with Crippen LogP contribution in [0, 0.1) is 6.92 Å². The number of halogens is 3. The van der Waals surface area contributed by atoms with Gasteiger partial charge in [0.2, 0.25) is 0 Å². The SMILES string of the molecule is CC(=O)O[C@@H]1C(=O)N(CCN(C)C)c2ccc(C)cc2S[C@@H]1c1ccc(OC(F)(F)F)cc1. The number of aryl methyl sites for hydroxylation is 1. The fourth-order valence-corrected chi connectivity index (χ4v) is 4.88. The van der Waals surface area contributed by atoms with E-state index in [2.05, 4.69) is 4.74 Å².